The molecule has 0 aliphatic heterocycles. The van der Waals surface area contributed by atoms with E-state index < -0.39 is 18.7 Å². The van der Waals surface area contributed by atoms with E-state index in [1.165, 1.54) is 0 Å². The van der Waals surface area contributed by atoms with Crippen LogP contribution in [0, 0.1) is 13.8 Å². The number of ether oxygens (including phenoxy) is 1. The first-order chi connectivity index (χ1) is 12.5. The number of benzene rings is 1. The van der Waals surface area contributed by atoms with Gasteiger partial charge < -0.3 is 24.7 Å². The van der Waals surface area contributed by atoms with E-state index in [-0.39, 0.29) is 12.2 Å². The molecule has 26 heavy (non-hydrogen) atoms. The first-order valence-corrected chi connectivity index (χ1v) is 8.05. The number of hydrogen-bond donors (Lipinski definition) is 3. The van der Waals surface area contributed by atoms with Crippen LogP contribution in [-0.2, 0) is 4.74 Å². The summed E-state index contributed by atoms with van der Waals surface area (Å²) in [5.41, 5.74) is 1.24. The fourth-order valence-corrected chi connectivity index (χ4v) is 2.44. The van der Waals surface area contributed by atoms with Crippen LogP contribution in [0.3, 0.4) is 0 Å². The largest absolute Gasteiger partial charge is 0.459 e. The van der Waals surface area contributed by atoms with E-state index in [9.17, 15) is 9.90 Å². The fraction of sp³-hybridized carbons (Fsp3) is 0.278. The van der Waals surface area contributed by atoms with Gasteiger partial charge in [0.1, 0.15) is 30.1 Å². The molecular formula is C18H19N3O5. The number of nitrogens with zero attached hydrogens (tertiary/aromatic N) is 2. The van der Waals surface area contributed by atoms with Crippen molar-refractivity contribution in [2.75, 3.05) is 18.5 Å². The summed E-state index contributed by atoms with van der Waals surface area (Å²) in [5.74, 6) is 1.13. The Morgan fingerprint density at radius 1 is 1.31 bits per heavy atom. The zero-order chi connectivity index (χ0) is 18.7. The number of nitrogens with one attached hydrogen (secondary N) is 1. The lowest BCUT2D eigenvalue weighted by atomic mass is 10.1. The number of aryl methyl sites for hydroxylation is 2. The quantitative estimate of drug-likeness (QED) is 0.574. The number of aromatic nitrogens is 2. The lowest BCUT2D eigenvalue weighted by molar-refractivity contribution is 0.00941. The predicted molar refractivity (Wildman–Crippen MR) is 94.4 cm³/mol. The molecular weight excluding hydrogens is 338 g/mol. The van der Waals surface area contributed by atoms with Gasteiger partial charge in [-0.15, -0.1) is 0 Å². The third-order valence-corrected chi connectivity index (χ3v) is 3.65. The Morgan fingerprint density at radius 3 is 2.85 bits per heavy atom. The normalized spacial score (nSPS) is 12.2. The molecule has 1 atom stereocenters. The number of carbonyl (C=O) groups is 1. The lowest BCUT2D eigenvalue weighted by Gasteiger charge is -2.13. The van der Waals surface area contributed by atoms with Gasteiger partial charge in [-0.25, -0.2) is 9.78 Å². The maximum Gasteiger partial charge on any atom is 0.340 e. The van der Waals surface area contributed by atoms with Crippen molar-refractivity contribution in [3.63, 3.8) is 0 Å². The van der Waals surface area contributed by atoms with E-state index in [0.717, 1.165) is 0 Å². The average molecular weight is 357 g/mol. The van der Waals surface area contributed by atoms with Gasteiger partial charge in [0.05, 0.1) is 23.2 Å². The summed E-state index contributed by atoms with van der Waals surface area (Å²) in [6, 6.07) is 8.60. The molecule has 136 valence electrons. The number of anilines is 2. The van der Waals surface area contributed by atoms with E-state index in [4.69, 9.17) is 14.3 Å². The van der Waals surface area contributed by atoms with Crippen LogP contribution in [0.5, 0.6) is 0 Å². The first kappa shape index (κ1) is 17.8. The molecule has 3 N–H and O–H groups in total. The maximum atomic E-state index is 12.3. The second-order valence-corrected chi connectivity index (χ2v) is 5.80. The molecule has 1 aromatic carbocycles. The first-order valence-electron chi connectivity index (χ1n) is 8.05. The number of para-hydroxylation sites is 1. The van der Waals surface area contributed by atoms with Gasteiger partial charge in [-0.3, -0.25) is 0 Å². The second kappa shape index (κ2) is 7.51. The number of aliphatic hydroxyl groups is 2. The van der Waals surface area contributed by atoms with Crippen molar-refractivity contribution < 1.29 is 24.2 Å². The molecule has 3 rings (SSSR count). The van der Waals surface area contributed by atoms with E-state index in [1.54, 1.807) is 31.2 Å². The molecule has 0 aliphatic rings. The van der Waals surface area contributed by atoms with Gasteiger partial charge in [0.15, 0.2) is 0 Å². The summed E-state index contributed by atoms with van der Waals surface area (Å²) in [7, 11) is 0. The maximum absolute atomic E-state index is 12.3. The molecule has 0 spiro atoms. The van der Waals surface area contributed by atoms with Gasteiger partial charge in [-0.05, 0) is 32.0 Å². The van der Waals surface area contributed by atoms with E-state index in [0.29, 0.717) is 34.2 Å². The number of carbonyl (C=O) groups excluding carboxylic acids is 1. The minimum absolute atomic E-state index is 0.280. The molecule has 0 amide bonds. The van der Waals surface area contributed by atoms with Crippen LogP contribution < -0.4 is 5.32 Å². The van der Waals surface area contributed by atoms with Crippen molar-refractivity contribution >= 4 is 28.6 Å². The second-order valence-electron chi connectivity index (χ2n) is 5.80. The van der Waals surface area contributed by atoms with Crippen LogP contribution in [0.15, 0.2) is 34.7 Å². The van der Waals surface area contributed by atoms with E-state index in [2.05, 4.69) is 15.3 Å². The molecule has 0 saturated carbocycles. The summed E-state index contributed by atoms with van der Waals surface area (Å²) in [5, 5.41) is 22.0. The zero-order valence-electron chi connectivity index (χ0n) is 14.4. The standard InChI is InChI=1S/C18H19N3O5/c1-10-7-14-16(19-11(2)20-17(14)26-10)21-15-6-4-3-5-13(15)18(24)25-9-12(23)8-22/h3-7,12,22-23H,8-9H2,1-2H3,(H,19,20,21). The monoisotopic (exact) mass is 357 g/mol. The smallest absolute Gasteiger partial charge is 0.340 e. The van der Waals surface area contributed by atoms with Gasteiger partial charge in [0.2, 0.25) is 5.71 Å². The zero-order valence-corrected chi connectivity index (χ0v) is 14.4. The summed E-state index contributed by atoms with van der Waals surface area (Å²) >= 11 is 0. The molecule has 2 heterocycles. The SMILES string of the molecule is Cc1nc(Nc2ccccc2C(=O)OCC(O)CO)c2cc(C)oc2n1. The molecule has 3 aromatic rings. The predicted octanol–water partition coefficient (Wildman–Crippen LogP) is 2.09. The summed E-state index contributed by atoms with van der Waals surface area (Å²) in [6.07, 6.45) is -1.11. The third-order valence-electron chi connectivity index (χ3n) is 3.65. The molecule has 2 aromatic heterocycles. The van der Waals surface area contributed by atoms with Gasteiger partial charge in [-0.2, -0.15) is 4.98 Å². The van der Waals surface area contributed by atoms with E-state index in [1.807, 2.05) is 13.0 Å². The number of furan rings is 1. The van der Waals surface area contributed by atoms with Crippen molar-refractivity contribution in [1.82, 2.24) is 9.97 Å². The Hall–Kier alpha value is -2.97. The Kier molecular flexibility index (Phi) is 5.15. The van der Waals surface area contributed by atoms with Gasteiger partial charge >= 0.3 is 5.97 Å². The van der Waals surface area contributed by atoms with Crippen LogP contribution >= 0.6 is 0 Å². The van der Waals surface area contributed by atoms with Crippen LogP contribution in [-0.4, -0.2) is 45.5 Å². The van der Waals surface area contributed by atoms with Crippen molar-refractivity contribution in [3.05, 3.63) is 47.5 Å². The lowest BCUT2D eigenvalue weighted by Crippen LogP contribution is -2.22. The van der Waals surface area contributed by atoms with Gasteiger partial charge in [0.25, 0.3) is 0 Å². The molecule has 0 radical (unpaired) electrons. The molecule has 8 heteroatoms. The van der Waals surface area contributed by atoms with Crippen molar-refractivity contribution in [2.24, 2.45) is 0 Å². The third kappa shape index (κ3) is 3.81. The summed E-state index contributed by atoms with van der Waals surface area (Å²) in [6.45, 7) is 2.80. The minimum Gasteiger partial charge on any atom is -0.459 e. The number of fused-ring (bicyclic) bond motifs is 1. The van der Waals surface area contributed by atoms with Crippen LogP contribution in [0.2, 0.25) is 0 Å². The molecule has 0 fully saturated rings. The number of aliphatic hydroxyl groups excluding tert-OH is 2. The fourth-order valence-electron chi connectivity index (χ4n) is 2.44. The highest BCUT2D eigenvalue weighted by atomic mass is 16.5. The van der Waals surface area contributed by atoms with Crippen molar-refractivity contribution in [2.45, 2.75) is 20.0 Å². The molecule has 8 nitrogen and oxygen atoms in total. The Morgan fingerprint density at radius 2 is 2.08 bits per heavy atom. The van der Waals surface area contributed by atoms with Gasteiger partial charge in [-0.1, -0.05) is 12.1 Å². The average Bonchev–Trinajstić information content (AvgIpc) is 3.00. The molecule has 0 saturated heterocycles. The summed E-state index contributed by atoms with van der Waals surface area (Å²) in [4.78, 5) is 20.9. The summed E-state index contributed by atoms with van der Waals surface area (Å²) < 4.78 is 10.6. The van der Waals surface area contributed by atoms with Gasteiger partial charge in [0, 0.05) is 0 Å². The Bertz CT molecular complexity index is 938. The van der Waals surface area contributed by atoms with Crippen LogP contribution in [0.4, 0.5) is 11.5 Å². The highest BCUT2D eigenvalue weighted by Gasteiger charge is 2.17. The number of esters is 1. The Labute approximate surface area is 149 Å². The number of rotatable bonds is 6. The van der Waals surface area contributed by atoms with E-state index >= 15 is 0 Å². The highest BCUT2D eigenvalue weighted by Crippen LogP contribution is 2.28. The molecule has 1 unspecified atom stereocenters. The van der Waals surface area contributed by atoms with Crippen LogP contribution in [0.1, 0.15) is 21.9 Å². The van der Waals surface area contributed by atoms with Crippen LogP contribution in [0.25, 0.3) is 11.1 Å². The Balaban J connectivity index is 1.91. The van der Waals surface area contributed by atoms with Crippen molar-refractivity contribution in [1.29, 1.82) is 0 Å². The highest BCUT2D eigenvalue weighted by molar-refractivity contribution is 5.98. The molecule has 0 aliphatic carbocycles. The van der Waals surface area contributed by atoms with Crippen molar-refractivity contribution in [3.8, 4) is 0 Å². The molecule has 0 bridgehead atoms. The number of hydrogen-bond acceptors (Lipinski definition) is 8. The topological polar surface area (TPSA) is 118 Å². The minimum atomic E-state index is -1.11.